The van der Waals surface area contributed by atoms with Crippen molar-refractivity contribution in [3.05, 3.63) is 86.2 Å². The van der Waals surface area contributed by atoms with Gasteiger partial charge in [0.05, 0.1) is 17.0 Å². The van der Waals surface area contributed by atoms with Crippen molar-refractivity contribution in [2.45, 2.75) is 26.3 Å². The minimum Gasteiger partial charge on any atom is -0.450 e. The zero-order valence-corrected chi connectivity index (χ0v) is 16.7. The molecule has 0 bridgehead atoms. The third kappa shape index (κ3) is 2.69. The molecule has 2 aromatic heterocycles. The van der Waals surface area contributed by atoms with Crippen LogP contribution in [0.1, 0.15) is 45.2 Å². The second kappa shape index (κ2) is 6.63. The first-order valence-electron chi connectivity index (χ1n) is 9.36. The van der Waals surface area contributed by atoms with E-state index in [2.05, 4.69) is 17.1 Å². The van der Waals surface area contributed by atoms with E-state index >= 15 is 0 Å². The molecule has 0 saturated carbocycles. The quantitative estimate of drug-likeness (QED) is 0.511. The first kappa shape index (κ1) is 17.8. The van der Waals surface area contributed by atoms with Crippen molar-refractivity contribution in [2.24, 2.45) is 0 Å². The van der Waals surface area contributed by atoms with Gasteiger partial charge in [0.2, 0.25) is 10.9 Å². The Hall–Kier alpha value is -3.32. The van der Waals surface area contributed by atoms with E-state index < -0.39 is 6.04 Å². The lowest BCUT2D eigenvalue weighted by Gasteiger charge is -2.22. The van der Waals surface area contributed by atoms with Gasteiger partial charge in [-0.2, -0.15) is 0 Å². The molecule has 7 heteroatoms. The van der Waals surface area contributed by atoms with Crippen LogP contribution in [-0.2, 0) is 6.42 Å². The molecule has 144 valence electrons. The molecule has 0 radical (unpaired) electrons. The molecule has 1 unspecified atom stereocenters. The normalized spacial score (nSPS) is 15.9. The lowest BCUT2D eigenvalue weighted by atomic mass is 9.97. The van der Waals surface area contributed by atoms with Crippen molar-refractivity contribution >= 4 is 33.3 Å². The standard InChI is InChI=1S/C22H17N3O3S/c1-3-13-8-10-14(11-9-13)18-17-19(26)15-6-4-5-7-16(15)28-20(17)21(27)25(18)22-24-23-12(2)29-22/h4-11,18H,3H2,1-2H3. The maximum Gasteiger partial charge on any atom is 0.297 e. The monoisotopic (exact) mass is 403 g/mol. The van der Waals surface area contributed by atoms with Crippen LogP contribution in [0.25, 0.3) is 11.0 Å². The molecule has 3 heterocycles. The van der Waals surface area contributed by atoms with Crippen LogP contribution in [0.3, 0.4) is 0 Å². The van der Waals surface area contributed by atoms with E-state index in [4.69, 9.17) is 4.42 Å². The molecule has 2 aromatic carbocycles. The van der Waals surface area contributed by atoms with E-state index in [1.807, 2.05) is 31.2 Å². The van der Waals surface area contributed by atoms with Crippen LogP contribution in [0.5, 0.6) is 0 Å². The molecule has 1 atom stereocenters. The number of anilines is 1. The van der Waals surface area contributed by atoms with Gasteiger partial charge in [-0.15, -0.1) is 10.2 Å². The number of benzene rings is 2. The van der Waals surface area contributed by atoms with E-state index in [-0.39, 0.29) is 17.1 Å². The van der Waals surface area contributed by atoms with Crippen LogP contribution >= 0.6 is 11.3 Å². The van der Waals surface area contributed by atoms with Gasteiger partial charge in [-0.3, -0.25) is 14.5 Å². The fourth-order valence-corrected chi connectivity index (χ4v) is 4.47. The molecule has 0 fully saturated rings. The Morgan fingerprint density at radius 3 is 2.52 bits per heavy atom. The largest absolute Gasteiger partial charge is 0.450 e. The van der Waals surface area contributed by atoms with Gasteiger partial charge < -0.3 is 4.42 Å². The Morgan fingerprint density at radius 1 is 1.07 bits per heavy atom. The fourth-order valence-electron chi connectivity index (χ4n) is 3.75. The van der Waals surface area contributed by atoms with Gasteiger partial charge in [0.1, 0.15) is 10.6 Å². The maximum atomic E-state index is 13.4. The first-order valence-corrected chi connectivity index (χ1v) is 10.2. The topological polar surface area (TPSA) is 76.3 Å². The number of para-hydroxylation sites is 1. The number of rotatable bonds is 3. The van der Waals surface area contributed by atoms with Gasteiger partial charge in [-0.1, -0.05) is 54.7 Å². The number of hydrogen-bond acceptors (Lipinski definition) is 6. The number of carbonyl (C=O) groups is 1. The van der Waals surface area contributed by atoms with Crippen molar-refractivity contribution in [2.75, 3.05) is 4.90 Å². The highest BCUT2D eigenvalue weighted by Gasteiger charge is 2.45. The smallest absolute Gasteiger partial charge is 0.297 e. The van der Waals surface area contributed by atoms with E-state index in [9.17, 15) is 9.59 Å². The molecule has 29 heavy (non-hydrogen) atoms. The summed E-state index contributed by atoms with van der Waals surface area (Å²) in [6, 6.07) is 14.4. The molecule has 1 aliphatic heterocycles. The number of amides is 1. The van der Waals surface area contributed by atoms with Crippen molar-refractivity contribution in [1.82, 2.24) is 10.2 Å². The number of nitrogens with zero attached hydrogens (tertiary/aromatic N) is 3. The summed E-state index contributed by atoms with van der Waals surface area (Å²) in [6.45, 7) is 3.91. The van der Waals surface area contributed by atoms with Gasteiger partial charge in [0, 0.05) is 0 Å². The predicted octanol–water partition coefficient (Wildman–Crippen LogP) is 4.27. The van der Waals surface area contributed by atoms with Crippen LogP contribution in [0.2, 0.25) is 0 Å². The Morgan fingerprint density at radius 2 is 1.83 bits per heavy atom. The van der Waals surface area contributed by atoms with Crippen molar-refractivity contribution in [1.29, 1.82) is 0 Å². The molecule has 1 aliphatic rings. The lowest BCUT2D eigenvalue weighted by Crippen LogP contribution is -2.29. The summed E-state index contributed by atoms with van der Waals surface area (Å²) in [7, 11) is 0. The highest BCUT2D eigenvalue weighted by Crippen LogP contribution is 2.42. The second-order valence-corrected chi connectivity index (χ2v) is 8.11. The van der Waals surface area contributed by atoms with Crippen LogP contribution in [-0.4, -0.2) is 16.1 Å². The van der Waals surface area contributed by atoms with E-state index in [1.165, 1.54) is 21.8 Å². The zero-order chi connectivity index (χ0) is 20.1. The van der Waals surface area contributed by atoms with Crippen molar-refractivity contribution in [3.8, 4) is 0 Å². The molecular weight excluding hydrogens is 386 g/mol. The molecule has 0 saturated heterocycles. The molecule has 4 aromatic rings. The van der Waals surface area contributed by atoms with Crippen LogP contribution < -0.4 is 10.3 Å². The lowest BCUT2D eigenvalue weighted by molar-refractivity contribution is 0.0970. The summed E-state index contributed by atoms with van der Waals surface area (Å²) >= 11 is 1.31. The SMILES string of the molecule is CCc1ccc(C2c3c(oc4ccccc4c3=O)C(=O)N2c2nnc(C)s2)cc1. The highest BCUT2D eigenvalue weighted by molar-refractivity contribution is 7.15. The van der Waals surface area contributed by atoms with Crippen molar-refractivity contribution < 1.29 is 9.21 Å². The van der Waals surface area contributed by atoms with E-state index in [0.29, 0.717) is 21.7 Å². The van der Waals surface area contributed by atoms with Gasteiger partial charge in [0.15, 0.2) is 5.43 Å². The van der Waals surface area contributed by atoms with Gasteiger partial charge >= 0.3 is 0 Å². The Balaban J connectivity index is 1.79. The summed E-state index contributed by atoms with van der Waals surface area (Å²) in [6.07, 6.45) is 0.909. The number of fused-ring (bicyclic) bond motifs is 2. The average molecular weight is 403 g/mol. The van der Waals surface area contributed by atoms with E-state index in [1.54, 1.807) is 24.3 Å². The molecule has 6 nitrogen and oxygen atoms in total. The summed E-state index contributed by atoms with van der Waals surface area (Å²) in [5, 5.41) is 9.88. The Bertz CT molecular complexity index is 1310. The van der Waals surface area contributed by atoms with Crippen LogP contribution in [0.4, 0.5) is 5.13 Å². The molecule has 0 aliphatic carbocycles. The summed E-state index contributed by atoms with van der Waals surface area (Å²) in [5.74, 6) is -0.297. The van der Waals surface area contributed by atoms with Crippen molar-refractivity contribution in [3.63, 3.8) is 0 Å². The Kier molecular flexibility index (Phi) is 4.06. The summed E-state index contributed by atoms with van der Waals surface area (Å²) in [5.41, 5.74) is 2.58. The maximum absolute atomic E-state index is 13.4. The highest BCUT2D eigenvalue weighted by atomic mass is 32.1. The summed E-state index contributed by atoms with van der Waals surface area (Å²) < 4.78 is 5.92. The second-order valence-electron chi connectivity index (χ2n) is 6.95. The summed E-state index contributed by atoms with van der Waals surface area (Å²) in [4.78, 5) is 28.3. The third-order valence-corrected chi connectivity index (χ3v) is 6.04. The molecule has 0 N–H and O–H groups in total. The predicted molar refractivity (Wildman–Crippen MR) is 112 cm³/mol. The van der Waals surface area contributed by atoms with E-state index in [0.717, 1.165) is 17.0 Å². The molecular formula is C22H17N3O3S. The Labute approximate surface area is 170 Å². The van der Waals surface area contributed by atoms with Crippen LogP contribution in [0.15, 0.2) is 57.7 Å². The molecule has 1 amide bonds. The van der Waals surface area contributed by atoms with Gasteiger partial charge in [-0.25, -0.2) is 0 Å². The third-order valence-electron chi connectivity index (χ3n) is 5.20. The minimum atomic E-state index is -0.600. The minimum absolute atomic E-state index is 0.0751. The van der Waals surface area contributed by atoms with Gasteiger partial charge in [-0.05, 0) is 36.6 Å². The fraction of sp³-hybridized carbons (Fsp3) is 0.182. The molecule has 0 spiro atoms. The van der Waals surface area contributed by atoms with Crippen LogP contribution in [0, 0.1) is 6.92 Å². The molecule has 5 rings (SSSR count). The zero-order valence-electron chi connectivity index (χ0n) is 15.9. The number of hydrogen-bond donors (Lipinski definition) is 0. The number of carbonyl (C=O) groups excluding carboxylic acids is 1. The number of aryl methyl sites for hydroxylation is 2. The average Bonchev–Trinajstić information content (AvgIpc) is 3.29. The number of aromatic nitrogens is 2. The van der Waals surface area contributed by atoms with Gasteiger partial charge in [0.25, 0.3) is 5.91 Å². The first-order chi connectivity index (χ1) is 14.1.